The Morgan fingerprint density at radius 2 is 1.78 bits per heavy atom. The molecule has 4 nitrogen and oxygen atoms in total. The van der Waals surface area contributed by atoms with E-state index in [1.165, 1.54) is 6.07 Å². The molecule has 32 heavy (non-hydrogen) atoms. The Bertz CT molecular complexity index is 945. The number of hydrogen-bond acceptors (Lipinski definition) is 3. The number of amides is 1. The number of piperidine rings is 1. The standard InChI is InChI=1S/C23H25Cl2FN2O2.C2H6/c1-13(15-7-16(24)9-17(25)8-15)28-6-2-3-18(12-28)30-22-11-21(26)20(23(27)29)10-19(22)14-4-5-14;1-2/h7-11,13-14,18H,2-6,12H2,1H3,(H2,27,29);1-2H3. The monoisotopic (exact) mass is 480 g/mol. The topological polar surface area (TPSA) is 55.6 Å². The normalized spacial score (nSPS) is 19.6. The first-order valence-electron chi connectivity index (χ1n) is 11.3. The number of halogens is 3. The summed E-state index contributed by atoms with van der Waals surface area (Å²) in [4.78, 5) is 13.9. The zero-order valence-corrected chi connectivity index (χ0v) is 20.3. The van der Waals surface area contributed by atoms with Crippen molar-refractivity contribution in [3.63, 3.8) is 0 Å². The highest BCUT2D eigenvalue weighted by atomic mass is 35.5. The van der Waals surface area contributed by atoms with Gasteiger partial charge >= 0.3 is 0 Å². The molecule has 2 fully saturated rings. The van der Waals surface area contributed by atoms with Crippen LogP contribution in [-0.2, 0) is 0 Å². The molecule has 174 valence electrons. The van der Waals surface area contributed by atoms with Crippen LogP contribution in [0.3, 0.4) is 0 Å². The van der Waals surface area contributed by atoms with Crippen LogP contribution >= 0.6 is 23.2 Å². The maximum absolute atomic E-state index is 14.4. The smallest absolute Gasteiger partial charge is 0.251 e. The highest BCUT2D eigenvalue weighted by molar-refractivity contribution is 6.34. The van der Waals surface area contributed by atoms with Crippen molar-refractivity contribution < 1.29 is 13.9 Å². The lowest BCUT2D eigenvalue weighted by Gasteiger charge is -2.37. The molecule has 4 rings (SSSR count). The van der Waals surface area contributed by atoms with E-state index >= 15 is 0 Å². The number of carbonyl (C=O) groups excluding carboxylic acids is 1. The lowest BCUT2D eigenvalue weighted by molar-refractivity contribution is 0.0650. The number of hydrogen-bond donors (Lipinski definition) is 1. The van der Waals surface area contributed by atoms with Crippen LogP contribution in [0, 0.1) is 5.82 Å². The van der Waals surface area contributed by atoms with E-state index in [0.717, 1.165) is 43.4 Å². The van der Waals surface area contributed by atoms with Crippen LogP contribution in [0.4, 0.5) is 4.39 Å². The van der Waals surface area contributed by atoms with Gasteiger partial charge in [0.25, 0.3) is 5.91 Å². The van der Waals surface area contributed by atoms with Crippen LogP contribution in [-0.4, -0.2) is 30.0 Å². The van der Waals surface area contributed by atoms with Crippen LogP contribution in [0.25, 0.3) is 0 Å². The number of nitrogens with zero attached hydrogens (tertiary/aromatic N) is 1. The molecule has 1 aliphatic heterocycles. The Hall–Kier alpha value is -1.82. The van der Waals surface area contributed by atoms with Gasteiger partial charge in [-0.2, -0.15) is 0 Å². The molecule has 1 saturated carbocycles. The third-order valence-corrected chi connectivity index (χ3v) is 6.44. The highest BCUT2D eigenvalue weighted by Crippen LogP contribution is 2.45. The summed E-state index contributed by atoms with van der Waals surface area (Å²) in [6, 6.07) is 8.63. The second-order valence-corrected chi connectivity index (χ2v) is 9.14. The number of carbonyl (C=O) groups is 1. The van der Waals surface area contributed by atoms with Crippen molar-refractivity contribution in [1.82, 2.24) is 4.90 Å². The summed E-state index contributed by atoms with van der Waals surface area (Å²) < 4.78 is 20.7. The number of likely N-dealkylation sites (tertiary alicyclic amines) is 1. The average Bonchev–Trinajstić information content (AvgIpc) is 3.59. The number of ether oxygens (including phenoxy) is 1. The van der Waals surface area contributed by atoms with E-state index in [1.807, 2.05) is 26.0 Å². The molecule has 0 spiro atoms. The summed E-state index contributed by atoms with van der Waals surface area (Å²) in [5.41, 5.74) is 7.20. The zero-order chi connectivity index (χ0) is 23.4. The van der Waals surface area contributed by atoms with Gasteiger partial charge in [-0.1, -0.05) is 37.0 Å². The predicted octanol–water partition coefficient (Wildman–Crippen LogP) is 6.74. The quantitative estimate of drug-likeness (QED) is 0.497. The van der Waals surface area contributed by atoms with Crippen LogP contribution in [0.2, 0.25) is 10.0 Å². The van der Waals surface area contributed by atoms with E-state index in [4.69, 9.17) is 33.7 Å². The SMILES string of the molecule is CC.CC(c1cc(Cl)cc(Cl)c1)N1CCCC(Oc2cc(F)c(C(N)=O)cc2C2CC2)C1. The fraction of sp³-hybridized carbons (Fsp3) is 0.480. The average molecular weight is 481 g/mol. The van der Waals surface area contributed by atoms with Gasteiger partial charge in [0.1, 0.15) is 17.7 Å². The summed E-state index contributed by atoms with van der Waals surface area (Å²) >= 11 is 12.4. The van der Waals surface area contributed by atoms with E-state index in [0.29, 0.717) is 28.3 Å². The summed E-state index contributed by atoms with van der Waals surface area (Å²) in [5, 5.41) is 1.24. The van der Waals surface area contributed by atoms with Crippen LogP contribution < -0.4 is 10.5 Å². The Morgan fingerprint density at radius 1 is 1.12 bits per heavy atom. The second kappa shape index (κ2) is 10.9. The predicted molar refractivity (Wildman–Crippen MR) is 128 cm³/mol. The highest BCUT2D eigenvalue weighted by Gasteiger charge is 2.31. The Morgan fingerprint density at radius 3 is 2.38 bits per heavy atom. The van der Waals surface area contributed by atoms with Gasteiger partial charge in [0.15, 0.2) is 0 Å². The molecule has 0 aromatic heterocycles. The van der Waals surface area contributed by atoms with E-state index in [-0.39, 0.29) is 17.7 Å². The zero-order valence-electron chi connectivity index (χ0n) is 18.8. The largest absolute Gasteiger partial charge is 0.489 e. The molecule has 1 amide bonds. The molecule has 2 aliphatic rings. The maximum atomic E-state index is 14.4. The van der Waals surface area contributed by atoms with Crippen molar-refractivity contribution in [3.8, 4) is 5.75 Å². The lowest BCUT2D eigenvalue weighted by atomic mass is 10.0. The van der Waals surface area contributed by atoms with Crippen LogP contribution in [0.5, 0.6) is 5.75 Å². The van der Waals surface area contributed by atoms with Gasteiger partial charge in [-0.15, -0.1) is 0 Å². The maximum Gasteiger partial charge on any atom is 0.251 e. The van der Waals surface area contributed by atoms with Gasteiger partial charge in [-0.3, -0.25) is 9.69 Å². The number of primary amides is 1. The van der Waals surface area contributed by atoms with Gasteiger partial charge in [0.05, 0.1) is 5.56 Å². The molecule has 1 saturated heterocycles. The van der Waals surface area contributed by atoms with E-state index in [1.54, 1.807) is 12.1 Å². The number of benzene rings is 2. The molecule has 2 N–H and O–H groups in total. The fourth-order valence-electron chi connectivity index (χ4n) is 4.20. The minimum absolute atomic E-state index is 0.0628. The summed E-state index contributed by atoms with van der Waals surface area (Å²) in [6.45, 7) is 7.78. The number of rotatable bonds is 6. The van der Waals surface area contributed by atoms with Crippen molar-refractivity contribution >= 4 is 29.1 Å². The molecular weight excluding hydrogens is 450 g/mol. The van der Waals surface area contributed by atoms with Gasteiger partial charge in [-0.25, -0.2) is 4.39 Å². The second-order valence-electron chi connectivity index (χ2n) is 8.26. The molecule has 2 unspecified atom stereocenters. The van der Waals surface area contributed by atoms with Crippen molar-refractivity contribution in [1.29, 1.82) is 0 Å². The van der Waals surface area contributed by atoms with E-state index in [2.05, 4.69) is 11.8 Å². The minimum atomic E-state index is -0.751. The molecule has 0 bridgehead atoms. The van der Waals surface area contributed by atoms with Gasteiger partial charge in [0.2, 0.25) is 0 Å². The fourth-order valence-corrected chi connectivity index (χ4v) is 4.74. The summed E-state index contributed by atoms with van der Waals surface area (Å²) in [7, 11) is 0. The van der Waals surface area contributed by atoms with E-state index < -0.39 is 11.7 Å². The molecule has 1 heterocycles. The van der Waals surface area contributed by atoms with Crippen LogP contribution in [0.1, 0.15) is 79.9 Å². The first-order chi connectivity index (χ1) is 15.3. The Labute approximate surface area is 199 Å². The molecular formula is C25H31Cl2FN2O2. The Balaban J connectivity index is 0.00000141. The molecule has 2 atom stereocenters. The van der Waals surface area contributed by atoms with Crippen molar-refractivity contribution in [2.24, 2.45) is 5.73 Å². The lowest BCUT2D eigenvalue weighted by Crippen LogP contribution is -2.42. The molecule has 2 aromatic carbocycles. The van der Waals surface area contributed by atoms with Crippen molar-refractivity contribution in [2.75, 3.05) is 13.1 Å². The third-order valence-electron chi connectivity index (χ3n) is 6.00. The molecule has 0 radical (unpaired) electrons. The van der Waals surface area contributed by atoms with Gasteiger partial charge in [-0.05, 0) is 80.5 Å². The first kappa shape index (κ1) is 24.8. The Kier molecular flexibility index (Phi) is 8.43. The minimum Gasteiger partial charge on any atom is -0.489 e. The van der Waals surface area contributed by atoms with Crippen molar-refractivity contribution in [2.45, 2.75) is 64.5 Å². The van der Waals surface area contributed by atoms with Crippen molar-refractivity contribution in [3.05, 3.63) is 62.9 Å². The van der Waals surface area contributed by atoms with Gasteiger partial charge in [0, 0.05) is 28.7 Å². The molecule has 7 heteroatoms. The van der Waals surface area contributed by atoms with Gasteiger partial charge < -0.3 is 10.5 Å². The molecule has 1 aliphatic carbocycles. The first-order valence-corrected chi connectivity index (χ1v) is 12.1. The third kappa shape index (κ3) is 5.94. The summed E-state index contributed by atoms with van der Waals surface area (Å²) in [5.74, 6) is -0.536. The number of nitrogens with two attached hydrogens (primary N) is 1. The van der Waals surface area contributed by atoms with Crippen LogP contribution in [0.15, 0.2) is 30.3 Å². The molecule has 2 aromatic rings. The van der Waals surface area contributed by atoms with E-state index in [9.17, 15) is 9.18 Å². The summed E-state index contributed by atoms with van der Waals surface area (Å²) in [6.07, 6.45) is 3.84.